The van der Waals surface area contributed by atoms with Gasteiger partial charge in [-0.15, -0.1) is 11.8 Å². The Morgan fingerprint density at radius 3 is 2.78 bits per heavy atom. The lowest BCUT2D eigenvalue weighted by atomic mass is 10.2. The van der Waals surface area contributed by atoms with E-state index in [4.69, 9.17) is 9.47 Å². The molecule has 1 aromatic carbocycles. The largest absolute Gasteiger partial charge is 0.463 e. The molecule has 6 nitrogen and oxygen atoms in total. The average molecular weight is 410 g/mol. The number of rotatable bonds is 8. The molecular weight excluding hydrogens is 386 g/mol. The number of esters is 2. The van der Waals surface area contributed by atoms with Crippen molar-refractivity contribution in [2.75, 3.05) is 31.3 Å². The van der Waals surface area contributed by atoms with Crippen LogP contribution in [-0.2, 0) is 23.9 Å². The number of aryl methyl sites for hydroxylation is 2. The van der Waals surface area contributed by atoms with E-state index in [9.17, 15) is 14.4 Å². The van der Waals surface area contributed by atoms with E-state index in [1.165, 1.54) is 40.1 Å². The molecule has 1 heterocycles. The van der Waals surface area contributed by atoms with Gasteiger partial charge in [-0.2, -0.15) is 0 Å². The first-order valence-corrected chi connectivity index (χ1v) is 10.5. The summed E-state index contributed by atoms with van der Waals surface area (Å²) in [6.07, 6.45) is 1.30. The molecule has 0 aliphatic carbocycles. The molecule has 1 aliphatic rings. The molecule has 0 aromatic heterocycles. The first-order valence-electron chi connectivity index (χ1n) is 8.58. The zero-order valence-electron chi connectivity index (χ0n) is 15.6. The van der Waals surface area contributed by atoms with Crippen LogP contribution in [0.15, 0.2) is 34.2 Å². The maximum Gasteiger partial charge on any atom is 0.333 e. The molecule has 1 fully saturated rings. The molecule has 0 atom stereocenters. The van der Waals surface area contributed by atoms with Crippen molar-refractivity contribution in [3.05, 3.63) is 40.4 Å². The van der Waals surface area contributed by atoms with Crippen LogP contribution in [0.25, 0.3) is 0 Å². The van der Waals surface area contributed by atoms with Crippen molar-refractivity contribution in [1.82, 2.24) is 4.90 Å². The molecular formula is C19H23NO5S2. The number of hydrogen-bond donors (Lipinski definition) is 0. The summed E-state index contributed by atoms with van der Waals surface area (Å²) in [5.74, 6) is -0.465. The van der Waals surface area contributed by atoms with Gasteiger partial charge in [-0.25, -0.2) is 4.79 Å². The molecule has 1 saturated heterocycles. The lowest BCUT2D eigenvalue weighted by Gasteiger charge is -2.16. The Balaban J connectivity index is 1.79. The van der Waals surface area contributed by atoms with Crippen LogP contribution in [0.1, 0.15) is 18.1 Å². The fraction of sp³-hybridized carbons (Fsp3) is 0.421. The fourth-order valence-electron chi connectivity index (χ4n) is 2.44. The molecule has 0 bridgehead atoms. The van der Waals surface area contributed by atoms with Crippen LogP contribution >= 0.6 is 23.5 Å². The molecule has 0 radical (unpaired) electrons. The van der Waals surface area contributed by atoms with E-state index < -0.39 is 5.97 Å². The predicted octanol–water partition coefficient (Wildman–Crippen LogP) is 2.92. The minimum absolute atomic E-state index is 0.0821. The van der Waals surface area contributed by atoms with Crippen LogP contribution in [0.4, 0.5) is 0 Å². The second kappa shape index (κ2) is 10.4. The molecule has 0 spiro atoms. The maximum absolute atomic E-state index is 12.0. The highest BCUT2D eigenvalue weighted by molar-refractivity contribution is 8.04. The molecule has 1 aliphatic heterocycles. The van der Waals surface area contributed by atoms with Crippen molar-refractivity contribution < 1.29 is 23.9 Å². The zero-order chi connectivity index (χ0) is 19.8. The number of ether oxygens (including phenoxy) is 2. The molecule has 27 heavy (non-hydrogen) atoms. The van der Waals surface area contributed by atoms with Crippen LogP contribution in [0.2, 0.25) is 0 Å². The van der Waals surface area contributed by atoms with Gasteiger partial charge < -0.3 is 14.4 Å². The predicted molar refractivity (Wildman–Crippen MR) is 106 cm³/mol. The molecule has 146 valence electrons. The number of amides is 1. The summed E-state index contributed by atoms with van der Waals surface area (Å²) in [6, 6.07) is 6.08. The fourth-order valence-corrected chi connectivity index (χ4v) is 4.21. The number of carbonyl (C=O) groups is 3. The Labute approximate surface area is 167 Å². The minimum atomic E-state index is -0.485. The Morgan fingerprint density at radius 1 is 1.30 bits per heavy atom. The normalized spacial score (nSPS) is 15.3. The Morgan fingerprint density at radius 2 is 2.07 bits per heavy atom. The van der Waals surface area contributed by atoms with Crippen molar-refractivity contribution in [3.63, 3.8) is 0 Å². The molecule has 8 heteroatoms. The monoisotopic (exact) mass is 409 g/mol. The summed E-state index contributed by atoms with van der Waals surface area (Å²) in [4.78, 5) is 38.0. The molecule has 1 aromatic rings. The number of nitrogens with zero attached hydrogens (tertiary/aromatic N) is 1. The van der Waals surface area contributed by atoms with E-state index in [2.05, 4.69) is 6.07 Å². The zero-order valence-corrected chi connectivity index (χ0v) is 17.3. The van der Waals surface area contributed by atoms with Crippen LogP contribution in [-0.4, -0.2) is 54.0 Å². The maximum atomic E-state index is 12.0. The highest BCUT2D eigenvalue weighted by Gasteiger charge is 2.27. The smallest absolute Gasteiger partial charge is 0.333 e. The Kier molecular flexibility index (Phi) is 8.24. The topological polar surface area (TPSA) is 72.9 Å². The summed E-state index contributed by atoms with van der Waals surface area (Å²) in [6.45, 7) is 6.33. The van der Waals surface area contributed by atoms with Crippen LogP contribution in [0.5, 0.6) is 0 Å². The van der Waals surface area contributed by atoms with E-state index in [0.29, 0.717) is 5.03 Å². The summed E-state index contributed by atoms with van der Waals surface area (Å²) < 4.78 is 10.1. The van der Waals surface area contributed by atoms with E-state index in [0.717, 1.165) is 10.5 Å². The van der Waals surface area contributed by atoms with E-state index in [-0.39, 0.29) is 43.1 Å². The van der Waals surface area contributed by atoms with Gasteiger partial charge in [-0.05, 0) is 32.4 Å². The van der Waals surface area contributed by atoms with E-state index in [1.54, 1.807) is 6.92 Å². The van der Waals surface area contributed by atoms with Gasteiger partial charge in [0.1, 0.15) is 6.61 Å². The molecule has 1 amide bonds. The molecule has 0 unspecified atom stereocenters. The van der Waals surface area contributed by atoms with Gasteiger partial charge in [0.05, 0.1) is 35.8 Å². The third-order valence-corrected chi connectivity index (χ3v) is 5.87. The number of benzene rings is 1. The minimum Gasteiger partial charge on any atom is -0.463 e. The molecule has 2 rings (SSSR count). The van der Waals surface area contributed by atoms with Gasteiger partial charge in [0.25, 0.3) is 0 Å². The third kappa shape index (κ3) is 6.62. The second-order valence-corrected chi connectivity index (χ2v) is 7.86. The van der Waals surface area contributed by atoms with Gasteiger partial charge >= 0.3 is 11.9 Å². The average Bonchev–Trinajstić information content (AvgIpc) is 2.94. The molecule has 0 N–H and O–H groups in total. The van der Waals surface area contributed by atoms with Gasteiger partial charge in [-0.3, -0.25) is 9.59 Å². The second-order valence-electron chi connectivity index (χ2n) is 5.85. The Bertz CT molecular complexity index is 748. The van der Waals surface area contributed by atoms with Gasteiger partial charge in [-0.1, -0.05) is 29.5 Å². The summed E-state index contributed by atoms with van der Waals surface area (Å²) >= 11 is 2.70. The summed E-state index contributed by atoms with van der Waals surface area (Å²) in [7, 11) is 0. The van der Waals surface area contributed by atoms with Crippen molar-refractivity contribution in [2.45, 2.75) is 25.7 Å². The quantitative estimate of drug-likeness (QED) is 0.371. The first kappa shape index (κ1) is 21.4. The number of carbonyl (C=O) groups excluding carboxylic acids is 3. The first-order chi connectivity index (χ1) is 12.9. The van der Waals surface area contributed by atoms with Crippen LogP contribution < -0.4 is 0 Å². The standard InChI is InChI=1S/C19H23NO5S2/c1-4-24-18(22)10-17-20(16(21)11-27-17)7-8-25-19(23)12-26-15-6-5-13(2)9-14(15)3/h5-6,9-10H,4,7-8,11-12H2,1-3H3/b17-10-. The highest BCUT2D eigenvalue weighted by Crippen LogP contribution is 2.28. The Hall–Kier alpha value is -1.93. The summed E-state index contributed by atoms with van der Waals surface area (Å²) in [5.41, 5.74) is 2.31. The van der Waals surface area contributed by atoms with Gasteiger partial charge in [0.2, 0.25) is 5.91 Å². The molecule has 0 saturated carbocycles. The van der Waals surface area contributed by atoms with Crippen molar-refractivity contribution >= 4 is 41.4 Å². The number of thioether (sulfide) groups is 2. The highest BCUT2D eigenvalue weighted by atomic mass is 32.2. The van der Waals surface area contributed by atoms with Crippen LogP contribution in [0.3, 0.4) is 0 Å². The van der Waals surface area contributed by atoms with Crippen molar-refractivity contribution in [3.8, 4) is 0 Å². The lowest BCUT2D eigenvalue weighted by Crippen LogP contribution is -2.29. The summed E-state index contributed by atoms with van der Waals surface area (Å²) in [5, 5.41) is 0.527. The third-order valence-electron chi connectivity index (χ3n) is 3.69. The van der Waals surface area contributed by atoms with E-state index >= 15 is 0 Å². The van der Waals surface area contributed by atoms with Gasteiger partial charge in [0.15, 0.2) is 0 Å². The SMILES string of the molecule is CCOC(=O)/C=C1\SCC(=O)N1CCOC(=O)CSc1ccc(C)cc1C. The number of hydrogen-bond acceptors (Lipinski definition) is 7. The van der Waals surface area contributed by atoms with Gasteiger partial charge in [0, 0.05) is 4.90 Å². The van der Waals surface area contributed by atoms with Crippen molar-refractivity contribution in [2.24, 2.45) is 0 Å². The van der Waals surface area contributed by atoms with E-state index in [1.807, 2.05) is 26.0 Å². The van der Waals surface area contributed by atoms with Crippen molar-refractivity contribution in [1.29, 1.82) is 0 Å². The van der Waals surface area contributed by atoms with Crippen LogP contribution in [0, 0.1) is 13.8 Å². The lowest BCUT2D eigenvalue weighted by molar-refractivity contribution is -0.142.